The summed E-state index contributed by atoms with van der Waals surface area (Å²) in [6, 6.07) is -3.79. The molecule has 0 saturated heterocycles. The molecule has 0 aromatic carbocycles. The number of nitrogens with two attached hydrogens (primary N) is 3. The minimum Gasteiger partial charge on any atom is -0.480 e. The Morgan fingerprint density at radius 2 is 1.56 bits per heavy atom. The number of guanidine groups is 1. The van der Waals surface area contributed by atoms with Gasteiger partial charge in [0.15, 0.2) is 5.96 Å². The first-order chi connectivity index (χ1) is 16.8. The van der Waals surface area contributed by atoms with Crippen LogP contribution in [0.4, 0.5) is 0 Å². The van der Waals surface area contributed by atoms with Crippen LogP contribution in [0.5, 0.6) is 0 Å². The second-order valence-electron chi connectivity index (χ2n) is 9.30. The number of carboxylic acids is 1. The monoisotopic (exact) mass is 531 g/mol. The van der Waals surface area contributed by atoms with Crippen LogP contribution in [0, 0.1) is 11.8 Å². The smallest absolute Gasteiger partial charge is 0.326 e. The van der Waals surface area contributed by atoms with Gasteiger partial charge in [-0.1, -0.05) is 34.1 Å². The van der Waals surface area contributed by atoms with Crippen molar-refractivity contribution in [3.8, 4) is 0 Å². The Labute approximate surface area is 218 Å². The zero-order valence-electron chi connectivity index (χ0n) is 22.1. The normalized spacial score (nSPS) is 15.2. The summed E-state index contributed by atoms with van der Waals surface area (Å²) in [4.78, 5) is 54.3. The number of thioether (sulfide) groups is 1. The molecule has 0 fully saturated rings. The van der Waals surface area contributed by atoms with Crippen LogP contribution in [-0.2, 0) is 19.2 Å². The molecule has 0 rings (SSSR count). The molecule has 10 N–H and O–H groups in total. The van der Waals surface area contributed by atoms with Gasteiger partial charge in [0.1, 0.15) is 18.1 Å². The molecule has 36 heavy (non-hydrogen) atoms. The van der Waals surface area contributed by atoms with Gasteiger partial charge in [-0.3, -0.25) is 19.4 Å². The number of amides is 3. The van der Waals surface area contributed by atoms with Crippen molar-refractivity contribution >= 4 is 41.4 Å². The van der Waals surface area contributed by atoms with Gasteiger partial charge in [-0.15, -0.1) is 0 Å². The summed E-state index contributed by atoms with van der Waals surface area (Å²) in [6.45, 7) is 7.84. The number of hydrogen-bond donors (Lipinski definition) is 7. The first-order valence-electron chi connectivity index (χ1n) is 12.3. The average molecular weight is 532 g/mol. The van der Waals surface area contributed by atoms with Gasteiger partial charge in [0.2, 0.25) is 17.7 Å². The predicted molar refractivity (Wildman–Crippen MR) is 143 cm³/mol. The van der Waals surface area contributed by atoms with Gasteiger partial charge >= 0.3 is 5.97 Å². The highest BCUT2D eigenvalue weighted by molar-refractivity contribution is 7.98. The Morgan fingerprint density at radius 3 is 2.06 bits per heavy atom. The molecule has 0 aliphatic heterocycles. The van der Waals surface area contributed by atoms with Gasteiger partial charge in [0.25, 0.3) is 0 Å². The molecule has 12 nitrogen and oxygen atoms in total. The third-order valence-corrected chi connectivity index (χ3v) is 6.30. The minimum atomic E-state index is -1.20. The number of aliphatic imine (C=N–C) groups is 1. The summed E-state index contributed by atoms with van der Waals surface area (Å²) < 4.78 is 0. The summed E-state index contributed by atoms with van der Waals surface area (Å²) in [5.74, 6) is -2.31. The lowest BCUT2D eigenvalue weighted by atomic mass is 9.96. The Morgan fingerprint density at radius 1 is 0.944 bits per heavy atom. The van der Waals surface area contributed by atoms with Crippen LogP contribution in [0.15, 0.2) is 4.99 Å². The summed E-state index contributed by atoms with van der Waals surface area (Å²) in [5.41, 5.74) is 16.5. The number of rotatable bonds is 18. The van der Waals surface area contributed by atoms with E-state index in [9.17, 15) is 24.3 Å². The zero-order chi connectivity index (χ0) is 27.8. The number of carbonyl (C=O) groups excluding carboxylic acids is 3. The second kappa shape index (κ2) is 17.8. The summed E-state index contributed by atoms with van der Waals surface area (Å²) >= 11 is 1.49. The number of nitrogens with zero attached hydrogens (tertiary/aromatic N) is 1. The van der Waals surface area contributed by atoms with Crippen molar-refractivity contribution in [2.75, 3.05) is 18.6 Å². The molecule has 0 aromatic rings. The Hall–Kier alpha value is -2.54. The molecule has 13 heteroatoms. The van der Waals surface area contributed by atoms with Crippen LogP contribution >= 0.6 is 11.8 Å². The molecular formula is C23H45N7O5S. The lowest BCUT2D eigenvalue weighted by Crippen LogP contribution is -2.58. The summed E-state index contributed by atoms with van der Waals surface area (Å²) in [5, 5.41) is 17.5. The van der Waals surface area contributed by atoms with Crippen LogP contribution < -0.4 is 33.2 Å². The molecule has 0 radical (unpaired) electrons. The third kappa shape index (κ3) is 13.5. The van der Waals surface area contributed by atoms with E-state index in [2.05, 4.69) is 20.9 Å². The van der Waals surface area contributed by atoms with Crippen molar-refractivity contribution in [2.24, 2.45) is 34.0 Å². The highest BCUT2D eigenvalue weighted by Gasteiger charge is 2.32. The molecule has 0 saturated carbocycles. The first-order valence-corrected chi connectivity index (χ1v) is 13.7. The fourth-order valence-corrected chi connectivity index (χ4v) is 3.85. The molecule has 0 aromatic heterocycles. The van der Waals surface area contributed by atoms with E-state index in [4.69, 9.17) is 17.2 Å². The highest BCUT2D eigenvalue weighted by atomic mass is 32.2. The number of aliphatic carboxylic acids is 1. The number of hydrogen-bond acceptors (Lipinski definition) is 7. The maximum absolute atomic E-state index is 13.2. The van der Waals surface area contributed by atoms with Crippen LogP contribution in [0.25, 0.3) is 0 Å². The third-order valence-electron chi connectivity index (χ3n) is 5.66. The molecule has 0 bridgehead atoms. The van der Waals surface area contributed by atoms with Crippen molar-refractivity contribution in [1.82, 2.24) is 16.0 Å². The van der Waals surface area contributed by atoms with E-state index in [1.54, 1.807) is 0 Å². The lowest BCUT2D eigenvalue weighted by molar-refractivity contribution is -0.142. The SMILES string of the molecule is CCC(C)C(NC(=O)C(N)CC(C)C)C(=O)NC(CCSC)C(=O)NC(CCCN=C(N)N)C(=O)O. The number of carbonyl (C=O) groups is 4. The summed E-state index contributed by atoms with van der Waals surface area (Å²) in [7, 11) is 0. The Bertz CT molecular complexity index is 746. The van der Waals surface area contributed by atoms with Crippen LogP contribution in [0.3, 0.4) is 0 Å². The van der Waals surface area contributed by atoms with Crippen LogP contribution in [0.2, 0.25) is 0 Å². The molecule has 0 aliphatic carbocycles. The molecule has 5 unspecified atom stereocenters. The van der Waals surface area contributed by atoms with Gasteiger partial charge < -0.3 is 38.3 Å². The van der Waals surface area contributed by atoms with E-state index in [1.165, 1.54) is 11.8 Å². The fourth-order valence-electron chi connectivity index (χ4n) is 3.38. The largest absolute Gasteiger partial charge is 0.480 e. The van der Waals surface area contributed by atoms with Gasteiger partial charge in [-0.05, 0) is 49.5 Å². The van der Waals surface area contributed by atoms with Gasteiger partial charge in [0, 0.05) is 6.54 Å². The van der Waals surface area contributed by atoms with Crippen LogP contribution in [-0.4, -0.2) is 77.5 Å². The Balaban J connectivity index is 5.47. The quantitative estimate of drug-likeness (QED) is 0.0704. The van der Waals surface area contributed by atoms with Crippen molar-refractivity contribution in [3.05, 3.63) is 0 Å². The highest BCUT2D eigenvalue weighted by Crippen LogP contribution is 2.11. The molecule has 3 amide bonds. The summed E-state index contributed by atoms with van der Waals surface area (Å²) in [6.07, 6.45) is 3.68. The van der Waals surface area contributed by atoms with Crippen molar-refractivity contribution in [2.45, 2.75) is 84.0 Å². The molecule has 0 aliphatic rings. The van der Waals surface area contributed by atoms with Gasteiger partial charge in [-0.2, -0.15) is 11.8 Å². The van der Waals surface area contributed by atoms with E-state index in [0.29, 0.717) is 25.0 Å². The van der Waals surface area contributed by atoms with E-state index in [0.717, 1.165) is 0 Å². The van der Waals surface area contributed by atoms with Crippen molar-refractivity contribution in [3.63, 3.8) is 0 Å². The van der Waals surface area contributed by atoms with Gasteiger partial charge in [-0.25, -0.2) is 4.79 Å². The minimum absolute atomic E-state index is 0.0983. The number of carboxylic acid groups (broad SMARTS) is 1. The second-order valence-corrected chi connectivity index (χ2v) is 10.3. The van der Waals surface area contributed by atoms with E-state index >= 15 is 0 Å². The van der Waals surface area contributed by atoms with Gasteiger partial charge in [0.05, 0.1) is 6.04 Å². The average Bonchev–Trinajstić information content (AvgIpc) is 2.80. The van der Waals surface area contributed by atoms with E-state index < -0.39 is 47.9 Å². The molecular weight excluding hydrogens is 486 g/mol. The molecule has 5 atom stereocenters. The predicted octanol–water partition coefficient (Wildman–Crippen LogP) is -0.248. The van der Waals surface area contributed by atoms with Crippen molar-refractivity contribution < 1.29 is 24.3 Å². The molecule has 0 heterocycles. The number of nitrogens with one attached hydrogen (secondary N) is 3. The lowest BCUT2D eigenvalue weighted by Gasteiger charge is -2.28. The topological polar surface area (TPSA) is 215 Å². The van der Waals surface area contributed by atoms with Crippen LogP contribution in [0.1, 0.15) is 59.8 Å². The van der Waals surface area contributed by atoms with E-state index in [-0.39, 0.29) is 37.2 Å². The standard InChI is InChI=1S/C23H45N7O5S/c1-6-14(4)18(30-19(31)15(24)12-13(2)3)21(33)28-16(9-11-36-5)20(32)29-17(22(34)35)8-7-10-27-23(25)26/h13-18H,6-12,24H2,1-5H3,(H,28,33)(H,29,32)(H,30,31)(H,34,35)(H4,25,26,27). The van der Waals surface area contributed by atoms with E-state index in [1.807, 2.05) is 34.0 Å². The molecule has 0 spiro atoms. The van der Waals surface area contributed by atoms with Crippen molar-refractivity contribution in [1.29, 1.82) is 0 Å². The maximum atomic E-state index is 13.2. The fraction of sp³-hybridized carbons (Fsp3) is 0.783. The Kier molecular flexibility index (Phi) is 16.6. The first kappa shape index (κ1) is 33.5. The zero-order valence-corrected chi connectivity index (χ0v) is 22.9. The molecule has 208 valence electrons. The maximum Gasteiger partial charge on any atom is 0.326 e.